The Balaban J connectivity index is 1.75. The highest BCUT2D eigenvalue weighted by Crippen LogP contribution is 2.39. The van der Waals surface area contributed by atoms with E-state index in [1.807, 2.05) is 0 Å². The molecule has 10 nitrogen and oxygen atoms in total. The van der Waals surface area contributed by atoms with Crippen molar-refractivity contribution in [2.75, 3.05) is 11.9 Å². The number of fused-ring (bicyclic) bond motifs is 1. The second-order valence-corrected chi connectivity index (χ2v) is 7.69. The Labute approximate surface area is 195 Å². The number of aromatic nitrogens is 6. The largest absolute Gasteiger partial charge is 0.418 e. The molecule has 0 fully saturated rings. The zero-order valence-electron chi connectivity index (χ0n) is 17.7. The summed E-state index contributed by atoms with van der Waals surface area (Å²) in [6.07, 6.45) is -0.832. The molecule has 34 heavy (non-hydrogen) atoms. The summed E-state index contributed by atoms with van der Waals surface area (Å²) in [5.41, 5.74) is 4.76. The molecule has 3 N–H and O–H groups in total. The van der Waals surface area contributed by atoms with E-state index in [0.717, 1.165) is 12.4 Å². The Morgan fingerprint density at radius 1 is 1.18 bits per heavy atom. The van der Waals surface area contributed by atoms with Crippen LogP contribution < -0.4 is 10.6 Å². The summed E-state index contributed by atoms with van der Waals surface area (Å²) < 4.78 is 42.2. The van der Waals surface area contributed by atoms with E-state index in [0.29, 0.717) is 17.2 Å². The summed E-state index contributed by atoms with van der Waals surface area (Å²) >= 11 is 5.99. The van der Waals surface area contributed by atoms with Crippen molar-refractivity contribution in [3.8, 4) is 5.82 Å². The molecule has 176 valence electrons. The minimum Gasteiger partial charge on any atom is -0.409 e. The van der Waals surface area contributed by atoms with Gasteiger partial charge in [0.2, 0.25) is 0 Å². The number of hydrogen-bond acceptors (Lipinski definition) is 8. The molecule has 1 atom stereocenters. The smallest absolute Gasteiger partial charge is 0.409 e. The molecule has 0 aliphatic rings. The van der Waals surface area contributed by atoms with E-state index in [1.54, 1.807) is 31.0 Å². The van der Waals surface area contributed by atoms with Gasteiger partial charge in [-0.25, -0.2) is 19.9 Å². The third-order valence-electron chi connectivity index (χ3n) is 5.22. The van der Waals surface area contributed by atoms with Crippen LogP contribution in [0.15, 0.2) is 48.3 Å². The highest BCUT2D eigenvalue weighted by Gasteiger charge is 2.35. The maximum absolute atomic E-state index is 13.6. The topological polar surface area (TPSA) is 131 Å². The van der Waals surface area contributed by atoms with Crippen LogP contribution in [0, 0.1) is 0 Å². The number of halogens is 4. The molecule has 0 unspecified atom stereocenters. The van der Waals surface area contributed by atoms with Gasteiger partial charge in [-0.15, -0.1) is 0 Å². The molecule has 0 bridgehead atoms. The molecule has 4 aromatic rings. The van der Waals surface area contributed by atoms with Gasteiger partial charge in [-0.3, -0.25) is 0 Å². The Bertz CT molecular complexity index is 1370. The Hall–Kier alpha value is -4.00. The first-order chi connectivity index (χ1) is 16.1. The zero-order valence-corrected chi connectivity index (χ0v) is 18.5. The molecule has 0 amide bonds. The van der Waals surface area contributed by atoms with E-state index in [4.69, 9.17) is 22.5 Å². The van der Waals surface area contributed by atoms with E-state index in [1.165, 1.54) is 23.3 Å². The van der Waals surface area contributed by atoms with Crippen LogP contribution >= 0.6 is 11.6 Å². The lowest BCUT2D eigenvalue weighted by Gasteiger charge is -2.26. The van der Waals surface area contributed by atoms with Crippen LogP contribution in [0.25, 0.3) is 16.7 Å². The van der Waals surface area contributed by atoms with Gasteiger partial charge in [0.05, 0.1) is 17.1 Å². The van der Waals surface area contributed by atoms with Crippen LogP contribution in [0.3, 0.4) is 0 Å². The van der Waals surface area contributed by atoms with E-state index >= 15 is 0 Å². The molecule has 0 radical (unpaired) electrons. The van der Waals surface area contributed by atoms with Crippen molar-refractivity contribution in [1.29, 1.82) is 0 Å². The lowest BCUT2D eigenvalue weighted by atomic mass is 10.1. The first-order valence-corrected chi connectivity index (χ1v) is 10.1. The minimum atomic E-state index is -4.64. The van der Waals surface area contributed by atoms with Gasteiger partial charge in [0, 0.05) is 29.2 Å². The standard InChI is InChI=1S/C20H17ClF3N9O/c1-10(18-29-9-30-33(18)15-4-3-11(7-26-15)17(25)31-34)32(2)19-13-5-12(21)6-14(20(22,23)24)16(13)27-8-28-19/h3-10,34H,1-2H3,(H2,25,31)/t10-/m0/s1. The summed E-state index contributed by atoms with van der Waals surface area (Å²) in [4.78, 5) is 18.3. The Kier molecular flexibility index (Phi) is 5.96. The lowest BCUT2D eigenvalue weighted by molar-refractivity contribution is -0.136. The van der Waals surface area contributed by atoms with Gasteiger partial charge >= 0.3 is 6.18 Å². The first-order valence-electron chi connectivity index (χ1n) is 9.70. The Morgan fingerprint density at radius 2 is 1.94 bits per heavy atom. The van der Waals surface area contributed by atoms with Gasteiger partial charge in [-0.1, -0.05) is 16.8 Å². The maximum Gasteiger partial charge on any atom is 0.418 e. The molecular weight excluding hydrogens is 475 g/mol. The van der Waals surface area contributed by atoms with E-state index in [9.17, 15) is 13.2 Å². The van der Waals surface area contributed by atoms with Crippen molar-refractivity contribution in [2.24, 2.45) is 10.9 Å². The molecule has 0 spiro atoms. The van der Waals surface area contributed by atoms with E-state index in [-0.39, 0.29) is 27.6 Å². The van der Waals surface area contributed by atoms with Crippen molar-refractivity contribution in [3.05, 3.63) is 65.1 Å². The third kappa shape index (κ3) is 4.17. The van der Waals surface area contributed by atoms with Gasteiger partial charge in [0.1, 0.15) is 18.5 Å². The third-order valence-corrected chi connectivity index (χ3v) is 5.44. The highest BCUT2D eigenvalue weighted by molar-refractivity contribution is 6.31. The predicted octanol–water partition coefficient (Wildman–Crippen LogP) is 3.57. The fourth-order valence-electron chi connectivity index (χ4n) is 3.41. The first kappa shape index (κ1) is 23.2. The van der Waals surface area contributed by atoms with Gasteiger partial charge in [0.25, 0.3) is 0 Å². The van der Waals surface area contributed by atoms with Crippen LogP contribution in [-0.4, -0.2) is 47.8 Å². The number of oxime groups is 1. The molecule has 0 aliphatic heterocycles. The summed E-state index contributed by atoms with van der Waals surface area (Å²) in [7, 11) is 1.66. The predicted molar refractivity (Wildman–Crippen MR) is 118 cm³/mol. The average molecular weight is 492 g/mol. The fraction of sp³-hybridized carbons (Fsp3) is 0.200. The van der Waals surface area contributed by atoms with Gasteiger partial charge in [-0.2, -0.15) is 23.0 Å². The summed E-state index contributed by atoms with van der Waals surface area (Å²) in [6, 6.07) is 4.93. The summed E-state index contributed by atoms with van der Waals surface area (Å²) in [5, 5.41) is 16.0. The number of alkyl halides is 3. The fourth-order valence-corrected chi connectivity index (χ4v) is 3.62. The van der Waals surface area contributed by atoms with Crippen LogP contribution in [0.5, 0.6) is 0 Å². The number of amidine groups is 1. The van der Waals surface area contributed by atoms with E-state index < -0.39 is 17.8 Å². The van der Waals surface area contributed by atoms with Crippen molar-refractivity contribution in [3.63, 3.8) is 0 Å². The number of anilines is 1. The van der Waals surface area contributed by atoms with Crippen LogP contribution in [0.2, 0.25) is 5.02 Å². The van der Waals surface area contributed by atoms with Gasteiger partial charge < -0.3 is 15.8 Å². The van der Waals surface area contributed by atoms with Crippen LogP contribution in [0.1, 0.15) is 29.9 Å². The number of benzene rings is 1. The van der Waals surface area contributed by atoms with Crippen molar-refractivity contribution < 1.29 is 18.4 Å². The molecule has 0 saturated heterocycles. The summed E-state index contributed by atoms with van der Waals surface area (Å²) in [5.74, 6) is 0.974. The molecule has 3 aromatic heterocycles. The highest BCUT2D eigenvalue weighted by atomic mass is 35.5. The Morgan fingerprint density at radius 3 is 2.59 bits per heavy atom. The normalized spacial score (nSPS) is 13.3. The van der Waals surface area contributed by atoms with E-state index in [2.05, 4.69) is 30.2 Å². The van der Waals surface area contributed by atoms with Crippen LogP contribution in [0.4, 0.5) is 19.0 Å². The number of pyridine rings is 1. The molecule has 0 saturated carbocycles. The molecule has 14 heteroatoms. The lowest BCUT2D eigenvalue weighted by Crippen LogP contribution is -2.26. The molecular formula is C20H17ClF3N9O. The monoisotopic (exact) mass is 491 g/mol. The summed E-state index contributed by atoms with van der Waals surface area (Å²) in [6.45, 7) is 1.79. The molecule has 1 aromatic carbocycles. The minimum absolute atomic E-state index is 0.0879. The van der Waals surface area contributed by atoms with Crippen molar-refractivity contribution in [1.82, 2.24) is 29.7 Å². The molecule has 0 aliphatic carbocycles. The average Bonchev–Trinajstić information content (AvgIpc) is 3.31. The number of nitrogens with two attached hydrogens (primary N) is 1. The molecule has 4 rings (SSSR count). The van der Waals surface area contributed by atoms with Crippen molar-refractivity contribution in [2.45, 2.75) is 19.1 Å². The van der Waals surface area contributed by atoms with Crippen LogP contribution in [-0.2, 0) is 6.18 Å². The number of nitrogens with zero attached hydrogens (tertiary/aromatic N) is 8. The van der Waals surface area contributed by atoms with Gasteiger partial charge in [0.15, 0.2) is 17.5 Å². The quantitative estimate of drug-likeness (QED) is 0.187. The van der Waals surface area contributed by atoms with Crippen molar-refractivity contribution >= 4 is 34.2 Å². The second kappa shape index (κ2) is 8.74. The number of hydrogen-bond donors (Lipinski definition) is 2. The number of rotatable bonds is 5. The van der Waals surface area contributed by atoms with Gasteiger partial charge in [-0.05, 0) is 31.2 Å². The SMILES string of the molecule is C[C@@H](c1ncnn1-c1ccc(C(N)=NO)cn1)N(C)c1ncnc2c(C(F)(F)F)cc(Cl)cc12. The molecule has 3 heterocycles. The second-order valence-electron chi connectivity index (χ2n) is 7.25. The zero-order chi connectivity index (χ0) is 24.6. The maximum atomic E-state index is 13.6.